The van der Waals surface area contributed by atoms with Crippen molar-refractivity contribution in [1.29, 1.82) is 5.26 Å². The highest BCUT2D eigenvalue weighted by Crippen LogP contribution is 2.33. The minimum atomic E-state index is -4.63. The van der Waals surface area contributed by atoms with Crippen molar-refractivity contribution in [3.8, 4) is 6.07 Å². The number of halogens is 3. The molecule has 1 aromatic carbocycles. The first-order valence-electron chi connectivity index (χ1n) is 6.09. The molecule has 0 aromatic heterocycles. The summed E-state index contributed by atoms with van der Waals surface area (Å²) in [6.07, 6.45) is -4.63. The third kappa shape index (κ3) is 3.73. The number of anilines is 1. The van der Waals surface area contributed by atoms with Crippen LogP contribution >= 0.6 is 0 Å². The highest BCUT2D eigenvalue weighted by Gasteiger charge is 2.34. The summed E-state index contributed by atoms with van der Waals surface area (Å²) in [7, 11) is 0. The minimum absolute atomic E-state index is 0.0359. The zero-order valence-corrected chi connectivity index (χ0v) is 11.4. The Morgan fingerprint density at radius 3 is 2.35 bits per heavy atom. The van der Waals surface area contributed by atoms with Crippen LogP contribution in [0.4, 0.5) is 18.9 Å². The molecule has 6 heteroatoms. The summed E-state index contributed by atoms with van der Waals surface area (Å²) in [6, 6.07) is 4.62. The first kappa shape index (κ1) is 16.0. The standard InChI is InChI=1S/C14H15F3N2O/c1-8(2)9(3)13(20)19-11-5-4-10(7-18)12(6-11)14(15,16)17/h4-6,8-9H,1-3H3,(H,19,20). The van der Waals surface area contributed by atoms with Crippen LogP contribution in [0.2, 0.25) is 0 Å². The van der Waals surface area contributed by atoms with Crippen LogP contribution in [0.25, 0.3) is 0 Å². The second-order valence-electron chi connectivity index (χ2n) is 4.89. The lowest BCUT2D eigenvalue weighted by Crippen LogP contribution is -2.24. The topological polar surface area (TPSA) is 52.9 Å². The number of carbonyl (C=O) groups excluding carboxylic acids is 1. The third-order valence-electron chi connectivity index (χ3n) is 3.13. The predicted octanol–water partition coefficient (Wildman–Crippen LogP) is 3.81. The second kappa shape index (κ2) is 5.95. The maximum atomic E-state index is 12.8. The minimum Gasteiger partial charge on any atom is -0.326 e. The molecule has 0 saturated carbocycles. The highest BCUT2D eigenvalue weighted by molar-refractivity contribution is 5.92. The summed E-state index contributed by atoms with van der Waals surface area (Å²) in [5.74, 6) is -0.590. The SMILES string of the molecule is CC(C)C(C)C(=O)Nc1ccc(C#N)c(C(F)(F)F)c1. The van der Waals surface area contributed by atoms with Gasteiger partial charge in [0.05, 0.1) is 17.2 Å². The fourth-order valence-electron chi connectivity index (χ4n) is 1.51. The number of alkyl halides is 3. The summed E-state index contributed by atoms with van der Waals surface area (Å²) in [4.78, 5) is 11.8. The smallest absolute Gasteiger partial charge is 0.326 e. The van der Waals surface area contributed by atoms with E-state index < -0.39 is 17.3 Å². The van der Waals surface area contributed by atoms with E-state index in [-0.39, 0.29) is 23.4 Å². The summed E-state index contributed by atoms with van der Waals surface area (Å²) in [5, 5.41) is 11.1. The summed E-state index contributed by atoms with van der Waals surface area (Å²) in [5.41, 5.74) is -1.48. The molecule has 1 N–H and O–H groups in total. The molecule has 1 atom stereocenters. The van der Waals surface area contributed by atoms with Gasteiger partial charge in [-0.3, -0.25) is 4.79 Å². The number of nitrogens with zero attached hydrogens (tertiary/aromatic N) is 1. The van der Waals surface area contributed by atoms with Crippen LogP contribution in [0, 0.1) is 23.2 Å². The molecule has 0 aliphatic carbocycles. The Bertz CT molecular complexity index is 544. The summed E-state index contributed by atoms with van der Waals surface area (Å²) >= 11 is 0. The van der Waals surface area contributed by atoms with Crippen LogP contribution in [0.5, 0.6) is 0 Å². The molecular formula is C14H15F3N2O. The number of amides is 1. The van der Waals surface area contributed by atoms with E-state index in [1.165, 1.54) is 12.1 Å². The van der Waals surface area contributed by atoms with E-state index in [2.05, 4.69) is 5.32 Å². The Labute approximate surface area is 115 Å². The largest absolute Gasteiger partial charge is 0.417 e. The normalized spacial score (nSPS) is 12.9. The molecule has 20 heavy (non-hydrogen) atoms. The van der Waals surface area contributed by atoms with Gasteiger partial charge in [0.25, 0.3) is 0 Å². The average molecular weight is 284 g/mol. The van der Waals surface area contributed by atoms with Gasteiger partial charge in [0.1, 0.15) is 0 Å². The molecule has 0 fully saturated rings. The summed E-state index contributed by atoms with van der Waals surface area (Å²) in [6.45, 7) is 5.41. The van der Waals surface area contributed by atoms with Gasteiger partial charge in [0.15, 0.2) is 0 Å². The molecule has 0 heterocycles. The molecule has 3 nitrogen and oxygen atoms in total. The highest BCUT2D eigenvalue weighted by atomic mass is 19.4. The van der Waals surface area contributed by atoms with Gasteiger partial charge in [-0.05, 0) is 24.1 Å². The van der Waals surface area contributed by atoms with Gasteiger partial charge in [-0.2, -0.15) is 18.4 Å². The number of nitrogens with one attached hydrogen (secondary N) is 1. The van der Waals surface area contributed by atoms with Crippen LogP contribution in [-0.4, -0.2) is 5.91 Å². The molecule has 1 amide bonds. The van der Waals surface area contributed by atoms with Crippen LogP contribution in [0.3, 0.4) is 0 Å². The first-order valence-corrected chi connectivity index (χ1v) is 6.09. The molecule has 0 bridgehead atoms. The summed E-state index contributed by atoms with van der Waals surface area (Å²) < 4.78 is 38.3. The molecule has 108 valence electrons. The van der Waals surface area contributed by atoms with Crippen molar-refractivity contribution in [3.05, 3.63) is 29.3 Å². The van der Waals surface area contributed by atoms with Gasteiger partial charge in [0, 0.05) is 11.6 Å². The van der Waals surface area contributed by atoms with E-state index in [1.807, 2.05) is 13.8 Å². The Morgan fingerprint density at radius 2 is 1.90 bits per heavy atom. The maximum absolute atomic E-state index is 12.8. The second-order valence-corrected chi connectivity index (χ2v) is 4.89. The predicted molar refractivity (Wildman–Crippen MR) is 68.8 cm³/mol. The Kier molecular flexibility index (Phi) is 4.77. The lowest BCUT2D eigenvalue weighted by molar-refractivity contribution is -0.137. The van der Waals surface area contributed by atoms with Gasteiger partial charge in [-0.1, -0.05) is 20.8 Å². The first-order chi connectivity index (χ1) is 9.16. The molecular weight excluding hydrogens is 269 g/mol. The average Bonchev–Trinajstić information content (AvgIpc) is 2.36. The van der Waals surface area contributed by atoms with Crippen molar-refractivity contribution in [2.24, 2.45) is 11.8 Å². The number of hydrogen-bond acceptors (Lipinski definition) is 2. The lowest BCUT2D eigenvalue weighted by atomic mass is 9.97. The molecule has 1 aromatic rings. The fourth-order valence-corrected chi connectivity index (χ4v) is 1.51. The van der Waals surface area contributed by atoms with Gasteiger partial charge in [-0.25, -0.2) is 0 Å². The Morgan fingerprint density at radius 1 is 1.30 bits per heavy atom. The van der Waals surface area contributed by atoms with Gasteiger partial charge in [0.2, 0.25) is 5.91 Å². The van der Waals surface area contributed by atoms with E-state index in [1.54, 1.807) is 6.92 Å². The molecule has 0 aliphatic rings. The van der Waals surface area contributed by atoms with E-state index in [0.717, 1.165) is 12.1 Å². The number of hydrogen-bond donors (Lipinski definition) is 1. The van der Waals surface area contributed by atoms with Crippen LogP contribution in [0.15, 0.2) is 18.2 Å². The Hall–Kier alpha value is -2.03. The number of carbonyl (C=O) groups is 1. The Balaban J connectivity index is 3.05. The maximum Gasteiger partial charge on any atom is 0.417 e. The van der Waals surface area contributed by atoms with E-state index in [4.69, 9.17) is 5.26 Å². The quantitative estimate of drug-likeness (QED) is 0.917. The van der Waals surface area contributed by atoms with Crippen molar-refractivity contribution >= 4 is 11.6 Å². The van der Waals surface area contributed by atoms with Gasteiger partial charge in [-0.15, -0.1) is 0 Å². The molecule has 1 unspecified atom stereocenters. The molecule has 0 saturated heterocycles. The van der Waals surface area contributed by atoms with Crippen LogP contribution < -0.4 is 5.32 Å². The van der Waals surface area contributed by atoms with E-state index in [0.29, 0.717) is 0 Å². The molecule has 0 spiro atoms. The van der Waals surface area contributed by atoms with E-state index in [9.17, 15) is 18.0 Å². The van der Waals surface area contributed by atoms with Crippen molar-refractivity contribution in [3.63, 3.8) is 0 Å². The number of nitriles is 1. The van der Waals surface area contributed by atoms with Crippen molar-refractivity contribution in [2.45, 2.75) is 26.9 Å². The van der Waals surface area contributed by atoms with Crippen molar-refractivity contribution < 1.29 is 18.0 Å². The van der Waals surface area contributed by atoms with Crippen molar-refractivity contribution in [1.82, 2.24) is 0 Å². The fraction of sp³-hybridized carbons (Fsp3) is 0.429. The van der Waals surface area contributed by atoms with Gasteiger partial charge >= 0.3 is 6.18 Å². The van der Waals surface area contributed by atoms with Crippen LogP contribution in [-0.2, 0) is 11.0 Å². The molecule has 0 aliphatic heterocycles. The number of rotatable bonds is 3. The van der Waals surface area contributed by atoms with Crippen LogP contribution in [0.1, 0.15) is 31.9 Å². The molecule has 0 radical (unpaired) electrons. The third-order valence-corrected chi connectivity index (χ3v) is 3.13. The van der Waals surface area contributed by atoms with Gasteiger partial charge < -0.3 is 5.32 Å². The zero-order chi connectivity index (χ0) is 15.5. The number of benzene rings is 1. The molecule has 1 rings (SSSR count). The monoisotopic (exact) mass is 284 g/mol. The van der Waals surface area contributed by atoms with Crippen molar-refractivity contribution in [2.75, 3.05) is 5.32 Å². The zero-order valence-electron chi connectivity index (χ0n) is 11.4. The van der Waals surface area contributed by atoms with E-state index >= 15 is 0 Å². The lowest BCUT2D eigenvalue weighted by Gasteiger charge is -2.16.